The third-order valence-electron chi connectivity index (χ3n) is 3.00. The van der Waals surface area contributed by atoms with Crippen molar-refractivity contribution < 1.29 is 9.42 Å². The van der Waals surface area contributed by atoms with Crippen molar-refractivity contribution >= 4 is 5.69 Å². The van der Waals surface area contributed by atoms with Gasteiger partial charge in [-0.3, -0.25) is 0 Å². The van der Waals surface area contributed by atoms with Gasteiger partial charge < -0.3 is 4.74 Å². The predicted molar refractivity (Wildman–Crippen MR) is 68.0 cm³/mol. The maximum absolute atomic E-state index is 10.7. The maximum Gasteiger partial charge on any atom is 0.234 e. The highest BCUT2D eigenvalue weighted by atomic mass is 16.5. The van der Waals surface area contributed by atoms with Crippen molar-refractivity contribution in [3.63, 3.8) is 0 Å². The van der Waals surface area contributed by atoms with Crippen LogP contribution >= 0.6 is 0 Å². The predicted octanol–water partition coefficient (Wildman–Crippen LogP) is 2.37. The van der Waals surface area contributed by atoms with Crippen LogP contribution < -0.4 is 9.42 Å². The van der Waals surface area contributed by atoms with Crippen LogP contribution in [-0.2, 0) is 6.54 Å². The Bertz CT molecular complexity index is 558. The summed E-state index contributed by atoms with van der Waals surface area (Å²) in [6, 6.07) is 7.82. The third kappa shape index (κ3) is 2.25. The van der Waals surface area contributed by atoms with E-state index >= 15 is 0 Å². The Morgan fingerprint density at radius 2 is 1.94 bits per heavy atom. The molecule has 2 rings (SSSR count). The number of aryl methyl sites for hydroxylation is 1. The summed E-state index contributed by atoms with van der Waals surface area (Å²) in [5.41, 5.74) is 3.25. The van der Waals surface area contributed by atoms with E-state index in [2.05, 4.69) is 10.3 Å². The van der Waals surface area contributed by atoms with E-state index in [0.29, 0.717) is 12.2 Å². The van der Waals surface area contributed by atoms with E-state index in [9.17, 15) is 4.91 Å². The Morgan fingerprint density at radius 1 is 1.28 bits per heavy atom. The van der Waals surface area contributed by atoms with E-state index in [1.54, 1.807) is 7.11 Å². The summed E-state index contributed by atoms with van der Waals surface area (Å²) >= 11 is 0. The number of nitroso groups, excluding NO2 is 1. The van der Waals surface area contributed by atoms with Gasteiger partial charge in [-0.1, -0.05) is 0 Å². The van der Waals surface area contributed by atoms with Gasteiger partial charge in [0.1, 0.15) is 11.4 Å². The second-order valence-electron chi connectivity index (χ2n) is 4.20. The minimum absolute atomic E-state index is 0.489. The molecular formula is C13H16N3O2+. The molecule has 0 saturated heterocycles. The second-order valence-corrected chi connectivity index (χ2v) is 4.20. The SMILES string of the molecule is COc1ccc(C[n+]2[nH]c(C)c(N=O)c2C)cc1. The Labute approximate surface area is 105 Å². The molecule has 1 aromatic heterocycles. The van der Waals surface area contributed by atoms with Crippen LogP contribution in [0.3, 0.4) is 0 Å². The molecule has 2 aromatic rings. The largest absolute Gasteiger partial charge is 0.497 e. The van der Waals surface area contributed by atoms with Gasteiger partial charge in [0.05, 0.1) is 7.11 Å². The molecule has 0 saturated carbocycles. The normalized spacial score (nSPS) is 10.4. The Balaban J connectivity index is 2.25. The summed E-state index contributed by atoms with van der Waals surface area (Å²) in [4.78, 5) is 10.7. The van der Waals surface area contributed by atoms with Crippen LogP contribution in [0.25, 0.3) is 0 Å². The highest BCUT2D eigenvalue weighted by Gasteiger charge is 2.19. The zero-order valence-electron chi connectivity index (χ0n) is 10.7. The summed E-state index contributed by atoms with van der Waals surface area (Å²) < 4.78 is 7.02. The number of aromatic amines is 1. The molecule has 0 aliphatic heterocycles. The number of benzene rings is 1. The molecule has 5 heteroatoms. The van der Waals surface area contributed by atoms with Crippen molar-refractivity contribution in [1.29, 1.82) is 0 Å². The van der Waals surface area contributed by atoms with Crippen molar-refractivity contribution in [2.75, 3.05) is 7.11 Å². The van der Waals surface area contributed by atoms with Gasteiger partial charge in [-0.2, -0.15) is 5.10 Å². The Morgan fingerprint density at radius 3 is 2.44 bits per heavy atom. The third-order valence-corrected chi connectivity index (χ3v) is 3.00. The number of H-pyrrole nitrogens is 1. The highest BCUT2D eigenvalue weighted by Crippen LogP contribution is 2.19. The van der Waals surface area contributed by atoms with Gasteiger partial charge in [-0.05, 0) is 36.4 Å². The average Bonchev–Trinajstić information content (AvgIpc) is 2.65. The summed E-state index contributed by atoms with van der Waals surface area (Å²) in [6.45, 7) is 4.39. The van der Waals surface area contributed by atoms with E-state index < -0.39 is 0 Å². The molecule has 0 fully saturated rings. The summed E-state index contributed by atoms with van der Waals surface area (Å²) in [7, 11) is 1.64. The van der Waals surface area contributed by atoms with E-state index in [0.717, 1.165) is 22.7 Å². The second kappa shape index (κ2) is 5.00. The van der Waals surface area contributed by atoms with Gasteiger partial charge >= 0.3 is 0 Å². The first kappa shape index (κ1) is 12.3. The van der Waals surface area contributed by atoms with Gasteiger partial charge in [0.25, 0.3) is 0 Å². The first-order valence-corrected chi connectivity index (χ1v) is 5.71. The summed E-state index contributed by atoms with van der Waals surface area (Å²) in [6.07, 6.45) is 0. The molecule has 0 aliphatic carbocycles. The molecule has 1 aromatic carbocycles. The molecule has 0 radical (unpaired) electrons. The van der Waals surface area contributed by atoms with Gasteiger partial charge in [-0.15, -0.1) is 9.59 Å². The smallest absolute Gasteiger partial charge is 0.234 e. The van der Waals surface area contributed by atoms with Gasteiger partial charge in [0.2, 0.25) is 11.4 Å². The van der Waals surface area contributed by atoms with E-state index in [-0.39, 0.29) is 0 Å². The van der Waals surface area contributed by atoms with Crippen LogP contribution in [0, 0.1) is 18.8 Å². The summed E-state index contributed by atoms with van der Waals surface area (Å²) in [5.74, 6) is 0.832. The number of rotatable bonds is 4. The van der Waals surface area contributed by atoms with Gasteiger partial charge in [0, 0.05) is 12.5 Å². The molecule has 0 aliphatic rings. The van der Waals surface area contributed by atoms with Crippen molar-refractivity contribution in [3.05, 3.63) is 46.1 Å². The number of methoxy groups -OCH3 is 1. The van der Waals surface area contributed by atoms with Crippen LogP contribution in [0.15, 0.2) is 29.4 Å². The fourth-order valence-electron chi connectivity index (χ4n) is 1.94. The quantitative estimate of drug-likeness (QED) is 0.665. The monoisotopic (exact) mass is 246 g/mol. The Hall–Kier alpha value is -2.17. The first-order valence-electron chi connectivity index (χ1n) is 5.71. The van der Waals surface area contributed by atoms with Crippen molar-refractivity contribution in [1.82, 2.24) is 5.10 Å². The molecule has 18 heavy (non-hydrogen) atoms. The van der Waals surface area contributed by atoms with Crippen LogP contribution in [0.4, 0.5) is 5.69 Å². The number of nitrogens with one attached hydrogen (secondary N) is 1. The zero-order chi connectivity index (χ0) is 13.1. The lowest BCUT2D eigenvalue weighted by Crippen LogP contribution is -2.38. The molecule has 5 nitrogen and oxygen atoms in total. The van der Waals surface area contributed by atoms with Gasteiger partial charge in [-0.25, -0.2) is 0 Å². The van der Waals surface area contributed by atoms with E-state index in [1.165, 1.54) is 0 Å². The topological polar surface area (TPSA) is 58.3 Å². The lowest BCUT2D eigenvalue weighted by atomic mass is 10.2. The molecule has 0 unspecified atom stereocenters. The molecule has 0 bridgehead atoms. The van der Waals surface area contributed by atoms with Crippen molar-refractivity contribution in [2.45, 2.75) is 20.4 Å². The fraction of sp³-hybridized carbons (Fsp3) is 0.308. The van der Waals surface area contributed by atoms with Crippen LogP contribution in [0.2, 0.25) is 0 Å². The molecular weight excluding hydrogens is 230 g/mol. The lowest BCUT2D eigenvalue weighted by molar-refractivity contribution is -0.747. The maximum atomic E-state index is 10.7. The number of hydrogen-bond donors (Lipinski definition) is 1. The van der Waals surface area contributed by atoms with Crippen molar-refractivity contribution in [2.24, 2.45) is 5.18 Å². The molecule has 0 spiro atoms. The number of ether oxygens (including phenoxy) is 1. The molecule has 1 N–H and O–H groups in total. The standard InChI is InChI=1S/C13H15N3O2/c1-9-13(15-17)10(2)16(14-9)8-11-4-6-12(18-3)7-5-11/h4-7H,8H2,1-3H3/p+1. The molecule has 1 heterocycles. The number of nitrogens with zero attached hydrogens (tertiary/aromatic N) is 2. The van der Waals surface area contributed by atoms with Crippen LogP contribution in [0.5, 0.6) is 5.75 Å². The molecule has 94 valence electrons. The van der Waals surface area contributed by atoms with Crippen molar-refractivity contribution in [3.8, 4) is 5.75 Å². The first-order chi connectivity index (χ1) is 8.65. The zero-order valence-corrected chi connectivity index (χ0v) is 10.7. The number of hydrogen-bond acceptors (Lipinski definition) is 3. The lowest BCUT2D eigenvalue weighted by Gasteiger charge is -2.00. The average molecular weight is 246 g/mol. The van der Waals surface area contributed by atoms with E-state index in [1.807, 2.05) is 42.8 Å². The van der Waals surface area contributed by atoms with Crippen LogP contribution in [0.1, 0.15) is 17.0 Å². The minimum atomic E-state index is 0.489. The van der Waals surface area contributed by atoms with Crippen LogP contribution in [-0.4, -0.2) is 12.2 Å². The Kier molecular flexibility index (Phi) is 3.41. The summed E-state index contributed by atoms with van der Waals surface area (Å²) in [5, 5.41) is 6.17. The van der Waals surface area contributed by atoms with E-state index in [4.69, 9.17) is 4.74 Å². The minimum Gasteiger partial charge on any atom is -0.497 e. The molecule has 0 amide bonds. The van der Waals surface area contributed by atoms with Gasteiger partial charge in [0.15, 0.2) is 6.54 Å². The fourth-order valence-corrected chi connectivity index (χ4v) is 1.94. The molecule has 0 atom stereocenters. The highest BCUT2D eigenvalue weighted by molar-refractivity contribution is 5.42. The number of aromatic nitrogens is 2.